The minimum atomic E-state index is -1.81. The Bertz CT molecular complexity index is 897. The molecule has 1 aliphatic heterocycles. The van der Waals surface area contributed by atoms with E-state index in [0.717, 1.165) is 19.7 Å². The van der Waals surface area contributed by atoms with Crippen molar-refractivity contribution in [3.63, 3.8) is 0 Å². The van der Waals surface area contributed by atoms with Crippen molar-refractivity contribution in [2.45, 2.75) is 6.17 Å². The molecule has 2 nitrogen and oxygen atoms in total. The highest BCUT2D eigenvalue weighted by Crippen LogP contribution is 2.46. The standard InChI is InChI=1S/C14H6Br2F2N2S3/c15-7-3-1-5(21-7)9-11(17)12(18)10(6-2-4-8(16)22-6)14-13(9)19-23-20-14/h1-4,11,19H. The SMILES string of the molecule is FC1=C(c2ccc(Br)s2)C2=NSNC2=C(c2ccc(Br)s2)C1F. The van der Waals surface area contributed by atoms with Gasteiger partial charge in [-0.15, -0.1) is 22.7 Å². The van der Waals surface area contributed by atoms with Crippen molar-refractivity contribution in [1.82, 2.24) is 4.72 Å². The summed E-state index contributed by atoms with van der Waals surface area (Å²) in [7, 11) is 0. The van der Waals surface area contributed by atoms with Gasteiger partial charge >= 0.3 is 0 Å². The predicted molar refractivity (Wildman–Crippen MR) is 102 cm³/mol. The average Bonchev–Trinajstić information content (AvgIpc) is 3.23. The van der Waals surface area contributed by atoms with Gasteiger partial charge in [0.15, 0.2) is 6.17 Å². The molecule has 2 aromatic heterocycles. The maximum Gasteiger partial charge on any atom is 0.181 e. The van der Waals surface area contributed by atoms with Crippen LogP contribution in [0.4, 0.5) is 8.78 Å². The second kappa shape index (κ2) is 6.11. The molecule has 118 valence electrons. The Morgan fingerprint density at radius 1 is 1.04 bits per heavy atom. The Morgan fingerprint density at radius 3 is 2.30 bits per heavy atom. The van der Waals surface area contributed by atoms with Crippen LogP contribution in [0.2, 0.25) is 0 Å². The first-order valence-electron chi connectivity index (χ1n) is 6.36. The monoisotopic (exact) mass is 494 g/mol. The first kappa shape index (κ1) is 16.0. The van der Waals surface area contributed by atoms with E-state index in [1.165, 1.54) is 22.7 Å². The Morgan fingerprint density at radius 2 is 1.70 bits per heavy atom. The van der Waals surface area contributed by atoms with Crippen LogP contribution in [0.25, 0.3) is 11.1 Å². The summed E-state index contributed by atoms with van der Waals surface area (Å²) in [5, 5.41) is 0. The topological polar surface area (TPSA) is 24.4 Å². The molecule has 9 heteroatoms. The highest BCUT2D eigenvalue weighted by Gasteiger charge is 2.39. The van der Waals surface area contributed by atoms with E-state index in [9.17, 15) is 8.78 Å². The summed E-state index contributed by atoms with van der Waals surface area (Å²) < 4.78 is 38.8. The molecule has 1 atom stereocenters. The normalized spacial score (nSPS) is 20.7. The first-order chi connectivity index (χ1) is 11.1. The van der Waals surface area contributed by atoms with E-state index in [2.05, 4.69) is 41.0 Å². The summed E-state index contributed by atoms with van der Waals surface area (Å²) in [6, 6.07) is 7.20. The Kier molecular flexibility index (Phi) is 4.25. The van der Waals surface area contributed by atoms with E-state index < -0.39 is 12.0 Å². The Balaban J connectivity index is 1.89. The molecule has 0 amide bonds. The van der Waals surface area contributed by atoms with Gasteiger partial charge in [-0.1, -0.05) is 0 Å². The third-order valence-electron chi connectivity index (χ3n) is 3.40. The number of halogens is 4. The lowest BCUT2D eigenvalue weighted by Crippen LogP contribution is -2.23. The highest BCUT2D eigenvalue weighted by atomic mass is 79.9. The lowest BCUT2D eigenvalue weighted by molar-refractivity contribution is 0.393. The molecular formula is C14H6Br2F2N2S3. The third kappa shape index (κ3) is 2.66. The molecule has 0 fully saturated rings. The van der Waals surface area contributed by atoms with Crippen LogP contribution in [0.1, 0.15) is 9.75 Å². The lowest BCUT2D eigenvalue weighted by atomic mass is 9.90. The number of fused-ring (bicyclic) bond motifs is 1. The number of thiophene rings is 2. The molecule has 0 bridgehead atoms. The fraction of sp³-hybridized carbons (Fsp3) is 0.0714. The molecule has 0 spiro atoms. The molecule has 1 aliphatic carbocycles. The van der Waals surface area contributed by atoms with Crippen molar-refractivity contribution in [2.24, 2.45) is 4.40 Å². The summed E-state index contributed by atoms with van der Waals surface area (Å²) in [5.41, 5.74) is 1.56. The summed E-state index contributed by atoms with van der Waals surface area (Å²) in [6.07, 6.45) is -1.81. The maximum absolute atomic E-state index is 14.9. The van der Waals surface area contributed by atoms with E-state index in [4.69, 9.17) is 0 Å². The second-order valence-electron chi connectivity index (χ2n) is 4.71. The molecular weight excluding hydrogens is 490 g/mol. The van der Waals surface area contributed by atoms with Crippen molar-refractivity contribution in [1.29, 1.82) is 0 Å². The number of hydrogen-bond acceptors (Lipinski definition) is 5. The van der Waals surface area contributed by atoms with Crippen molar-refractivity contribution < 1.29 is 8.78 Å². The minimum Gasteiger partial charge on any atom is -0.308 e. The molecule has 0 aromatic carbocycles. The number of allylic oxidation sites excluding steroid dienone is 3. The van der Waals surface area contributed by atoms with Crippen molar-refractivity contribution in [2.75, 3.05) is 0 Å². The molecule has 0 saturated heterocycles. The van der Waals surface area contributed by atoms with Crippen molar-refractivity contribution in [3.8, 4) is 0 Å². The summed E-state index contributed by atoms with van der Waals surface area (Å²) in [5.74, 6) is -0.786. The van der Waals surface area contributed by atoms with Gasteiger partial charge in [-0.3, -0.25) is 0 Å². The molecule has 4 rings (SSSR count). The van der Waals surface area contributed by atoms with Gasteiger partial charge in [-0.05, 0) is 56.1 Å². The zero-order chi connectivity index (χ0) is 16.1. The van der Waals surface area contributed by atoms with Gasteiger partial charge in [0.25, 0.3) is 0 Å². The van der Waals surface area contributed by atoms with Gasteiger partial charge in [-0.25, -0.2) is 8.78 Å². The largest absolute Gasteiger partial charge is 0.308 e. The average molecular weight is 496 g/mol. The summed E-state index contributed by atoms with van der Waals surface area (Å²) >= 11 is 10.5. The van der Waals surface area contributed by atoms with Crippen molar-refractivity contribution >= 4 is 83.5 Å². The zero-order valence-electron chi connectivity index (χ0n) is 11.1. The number of nitrogens with zero attached hydrogens (tertiary/aromatic N) is 1. The Labute approximate surface area is 159 Å². The number of hydrogen-bond donors (Lipinski definition) is 1. The van der Waals surface area contributed by atoms with E-state index in [-0.39, 0.29) is 5.57 Å². The Hall–Kier alpha value is -0.480. The highest BCUT2D eigenvalue weighted by molar-refractivity contribution is 9.11. The molecule has 23 heavy (non-hydrogen) atoms. The second-order valence-corrected chi connectivity index (χ2v) is 10.2. The predicted octanol–water partition coefficient (Wildman–Crippen LogP) is 6.39. The number of rotatable bonds is 2. The number of alkyl halides is 1. The number of nitrogens with one attached hydrogen (secondary N) is 1. The minimum absolute atomic E-state index is 0.236. The van der Waals surface area contributed by atoms with E-state index in [1.807, 2.05) is 12.1 Å². The van der Waals surface area contributed by atoms with Crippen LogP contribution in [0.5, 0.6) is 0 Å². The van der Waals surface area contributed by atoms with Gasteiger partial charge in [0.05, 0.1) is 31.0 Å². The molecule has 1 N–H and O–H groups in total. The van der Waals surface area contributed by atoms with Crippen LogP contribution in [0.15, 0.2) is 47.8 Å². The van der Waals surface area contributed by atoms with Crippen molar-refractivity contribution in [3.05, 3.63) is 53.1 Å². The van der Waals surface area contributed by atoms with Crippen LogP contribution in [-0.2, 0) is 0 Å². The van der Waals surface area contributed by atoms with Gasteiger partial charge in [-0.2, -0.15) is 4.40 Å². The molecule has 1 unspecified atom stereocenters. The van der Waals surface area contributed by atoms with Gasteiger partial charge in [0.2, 0.25) is 0 Å². The molecule has 0 radical (unpaired) electrons. The maximum atomic E-state index is 14.9. The summed E-state index contributed by atoms with van der Waals surface area (Å²) in [6.45, 7) is 0. The fourth-order valence-electron chi connectivity index (χ4n) is 2.44. The van der Waals surface area contributed by atoms with E-state index in [1.54, 1.807) is 12.1 Å². The first-order valence-corrected chi connectivity index (χ1v) is 10.4. The van der Waals surface area contributed by atoms with Gasteiger partial charge in [0, 0.05) is 15.3 Å². The van der Waals surface area contributed by atoms with Crippen LogP contribution in [0, 0.1) is 0 Å². The quantitative estimate of drug-likeness (QED) is 0.488. The zero-order valence-corrected chi connectivity index (χ0v) is 16.7. The fourth-order valence-corrected chi connectivity index (χ4v) is 5.95. The summed E-state index contributed by atoms with van der Waals surface area (Å²) in [4.78, 5) is 1.34. The molecule has 2 aromatic rings. The van der Waals surface area contributed by atoms with Crippen LogP contribution in [-0.4, -0.2) is 11.9 Å². The van der Waals surface area contributed by atoms with Gasteiger partial charge in [0.1, 0.15) is 11.5 Å². The van der Waals surface area contributed by atoms with E-state index >= 15 is 0 Å². The van der Waals surface area contributed by atoms with Gasteiger partial charge < -0.3 is 4.72 Å². The molecule has 0 saturated carbocycles. The smallest absolute Gasteiger partial charge is 0.181 e. The van der Waals surface area contributed by atoms with Crippen LogP contribution >= 0.6 is 66.7 Å². The molecule has 2 aliphatic rings. The lowest BCUT2D eigenvalue weighted by Gasteiger charge is -2.22. The third-order valence-corrected chi connectivity index (χ3v) is 7.27. The van der Waals surface area contributed by atoms with Crippen LogP contribution < -0.4 is 4.72 Å². The molecule has 3 heterocycles. The van der Waals surface area contributed by atoms with E-state index in [0.29, 0.717) is 26.7 Å². The van der Waals surface area contributed by atoms with Crippen LogP contribution in [0.3, 0.4) is 0 Å².